The van der Waals surface area contributed by atoms with Gasteiger partial charge in [-0.3, -0.25) is 14.7 Å². The van der Waals surface area contributed by atoms with Crippen LogP contribution in [0.4, 0.5) is 5.69 Å². The molecule has 0 unspecified atom stereocenters. The highest BCUT2D eigenvalue weighted by molar-refractivity contribution is 5.91. The average molecular weight is 293 g/mol. The zero-order valence-corrected chi connectivity index (χ0v) is 12.0. The maximum Gasteiger partial charge on any atom is 0.328 e. The number of para-hydroxylation sites is 1. The van der Waals surface area contributed by atoms with Crippen molar-refractivity contribution in [1.29, 1.82) is 0 Å². The Morgan fingerprint density at radius 1 is 1.23 bits per heavy atom. The predicted octanol–water partition coefficient (Wildman–Crippen LogP) is 3.03. The van der Waals surface area contributed by atoms with Crippen LogP contribution in [0.3, 0.4) is 0 Å². The number of fused-ring (bicyclic) bond motifs is 1. The number of aliphatic carboxylic acids is 1. The Bertz CT molecular complexity index is 846. The van der Waals surface area contributed by atoms with Gasteiger partial charge in [-0.15, -0.1) is 0 Å². The number of anilines is 1. The molecule has 0 aliphatic heterocycles. The van der Waals surface area contributed by atoms with Crippen LogP contribution < -0.4 is 5.01 Å². The summed E-state index contributed by atoms with van der Waals surface area (Å²) >= 11 is 0. The number of carbonyl (C=O) groups is 1. The van der Waals surface area contributed by atoms with Crippen LogP contribution in [0.1, 0.15) is 5.69 Å². The Balaban J connectivity index is 2.05. The molecule has 22 heavy (non-hydrogen) atoms. The first-order valence-corrected chi connectivity index (χ1v) is 6.83. The smallest absolute Gasteiger partial charge is 0.328 e. The van der Waals surface area contributed by atoms with Gasteiger partial charge in [-0.05, 0) is 30.3 Å². The van der Waals surface area contributed by atoms with Crippen molar-refractivity contribution >= 4 is 28.6 Å². The van der Waals surface area contributed by atoms with Crippen LogP contribution in [-0.4, -0.2) is 27.8 Å². The van der Waals surface area contributed by atoms with Gasteiger partial charge in [0.05, 0.1) is 16.9 Å². The number of aromatic nitrogens is 2. The molecule has 110 valence electrons. The van der Waals surface area contributed by atoms with Gasteiger partial charge >= 0.3 is 5.97 Å². The van der Waals surface area contributed by atoms with E-state index in [-0.39, 0.29) is 0 Å². The Labute approximate surface area is 127 Å². The molecule has 0 radical (unpaired) electrons. The largest absolute Gasteiger partial charge is 0.478 e. The summed E-state index contributed by atoms with van der Waals surface area (Å²) in [6.07, 6.45) is 6.35. The molecule has 1 N–H and O–H groups in total. The molecule has 0 aliphatic carbocycles. The minimum atomic E-state index is -0.968. The number of pyridine rings is 1. The van der Waals surface area contributed by atoms with Gasteiger partial charge in [0.25, 0.3) is 0 Å². The third-order valence-electron chi connectivity index (χ3n) is 3.45. The number of nitrogens with zero attached hydrogens (tertiary/aromatic N) is 3. The molecule has 0 fully saturated rings. The lowest BCUT2D eigenvalue weighted by atomic mass is 10.2. The molecular formula is C17H15N3O2. The van der Waals surface area contributed by atoms with Crippen LogP contribution in [-0.2, 0) is 4.79 Å². The molecule has 0 atom stereocenters. The summed E-state index contributed by atoms with van der Waals surface area (Å²) in [5.41, 5.74) is 2.69. The molecule has 0 saturated carbocycles. The topological polar surface area (TPSA) is 58.4 Å². The molecule has 0 spiro atoms. The van der Waals surface area contributed by atoms with Crippen LogP contribution >= 0.6 is 0 Å². The molecule has 2 heterocycles. The van der Waals surface area contributed by atoms with Gasteiger partial charge in [0.15, 0.2) is 0 Å². The summed E-state index contributed by atoms with van der Waals surface area (Å²) in [7, 11) is 1.93. The van der Waals surface area contributed by atoms with Crippen LogP contribution in [0.2, 0.25) is 0 Å². The zero-order chi connectivity index (χ0) is 15.5. The lowest BCUT2D eigenvalue weighted by Gasteiger charge is -2.24. The van der Waals surface area contributed by atoms with Crippen molar-refractivity contribution < 1.29 is 9.90 Å². The van der Waals surface area contributed by atoms with E-state index in [1.54, 1.807) is 12.3 Å². The summed E-state index contributed by atoms with van der Waals surface area (Å²) in [4.78, 5) is 15.1. The minimum Gasteiger partial charge on any atom is -0.478 e. The lowest BCUT2D eigenvalue weighted by molar-refractivity contribution is -0.131. The fraction of sp³-hybridized carbons (Fsp3) is 0.0588. The SMILES string of the molecule is CN(c1ccnc2ccccc12)n1cccc1/C=C/C(=O)O. The fourth-order valence-electron chi connectivity index (χ4n) is 2.43. The van der Waals surface area contributed by atoms with Crippen LogP contribution in [0, 0.1) is 0 Å². The van der Waals surface area contributed by atoms with Gasteiger partial charge in [0.1, 0.15) is 0 Å². The van der Waals surface area contributed by atoms with Crippen molar-refractivity contribution in [2.45, 2.75) is 0 Å². The van der Waals surface area contributed by atoms with Gasteiger partial charge in [-0.2, -0.15) is 0 Å². The van der Waals surface area contributed by atoms with Crippen molar-refractivity contribution in [3.05, 3.63) is 66.6 Å². The van der Waals surface area contributed by atoms with Gasteiger partial charge in [0.2, 0.25) is 0 Å². The van der Waals surface area contributed by atoms with Crippen molar-refractivity contribution in [3.63, 3.8) is 0 Å². The predicted molar refractivity (Wildman–Crippen MR) is 86.6 cm³/mol. The van der Waals surface area contributed by atoms with E-state index in [9.17, 15) is 4.79 Å². The number of carboxylic acid groups (broad SMARTS) is 1. The Hall–Kier alpha value is -3.08. The van der Waals surface area contributed by atoms with Crippen LogP contribution in [0.25, 0.3) is 17.0 Å². The van der Waals surface area contributed by atoms with E-state index in [1.807, 2.05) is 65.4 Å². The molecule has 0 aliphatic rings. The van der Waals surface area contributed by atoms with E-state index in [4.69, 9.17) is 5.11 Å². The van der Waals surface area contributed by atoms with Crippen LogP contribution in [0.5, 0.6) is 0 Å². The van der Waals surface area contributed by atoms with E-state index in [1.165, 1.54) is 0 Å². The van der Waals surface area contributed by atoms with E-state index < -0.39 is 5.97 Å². The first-order valence-electron chi connectivity index (χ1n) is 6.83. The molecule has 0 amide bonds. The average Bonchev–Trinajstić information content (AvgIpc) is 3.00. The summed E-state index contributed by atoms with van der Waals surface area (Å²) in [6, 6.07) is 13.6. The quantitative estimate of drug-likeness (QED) is 0.751. The van der Waals surface area contributed by atoms with E-state index in [0.29, 0.717) is 0 Å². The molecule has 2 aromatic heterocycles. The second-order valence-corrected chi connectivity index (χ2v) is 4.82. The maximum absolute atomic E-state index is 10.7. The maximum atomic E-state index is 10.7. The first-order chi connectivity index (χ1) is 10.7. The standard InChI is InChI=1S/C17H15N3O2/c1-19(20-12-4-5-13(20)8-9-17(21)22)16-10-11-18-15-7-3-2-6-14(15)16/h2-12H,1H3,(H,21,22)/b9-8+. The molecule has 5 nitrogen and oxygen atoms in total. The van der Waals surface area contributed by atoms with Gasteiger partial charge in [0, 0.05) is 30.9 Å². The number of benzene rings is 1. The van der Waals surface area contributed by atoms with Crippen molar-refractivity contribution in [2.24, 2.45) is 0 Å². The number of hydrogen-bond acceptors (Lipinski definition) is 3. The fourth-order valence-corrected chi connectivity index (χ4v) is 2.43. The van der Waals surface area contributed by atoms with Crippen LogP contribution in [0.15, 0.2) is 60.9 Å². The van der Waals surface area contributed by atoms with Crippen molar-refractivity contribution in [2.75, 3.05) is 12.1 Å². The monoisotopic (exact) mass is 293 g/mol. The van der Waals surface area contributed by atoms with Crippen molar-refractivity contribution in [3.8, 4) is 0 Å². The summed E-state index contributed by atoms with van der Waals surface area (Å²) in [6.45, 7) is 0. The summed E-state index contributed by atoms with van der Waals surface area (Å²) in [5.74, 6) is -0.968. The second kappa shape index (κ2) is 5.73. The van der Waals surface area contributed by atoms with E-state index >= 15 is 0 Å². The molecule has 3 aromatic rings. The van der Waals surface area contributed by atoms with Gasteiger partial charge < -0.3 is 5.11 Å². The third kappa shape index (κ3) is 2.56. The Kier molecular flexibility index (Phi) is 3.62. The highest BCUT2D eigenvalue weighted by Crippen LogP contribution is 2.25. The third-order valence-corrected chi connectivity index (χ3v) is 3.45. The summed E-state index contributed by atoms with van der Waals surface area (Å²) in [5, 5.41) is 11.8. The number of carboxylic acids is 1. The molecule has 1 aromatic carbocycles. The van der Waals surface area contributed by atoms with Crippen molar-refractivity contribution in [1.82, 2.24) is 9.66 Å². The molecule has 5 heteroatoms. The molecular weight excluding hydrogens is 278 g/mol. The highest BCUT2D eigenvalue weighted by atomic mass is 16.4. The molecule has 0 bridgehead atoms. The normalized spacial score (nSPS) is 11.1. The van der Waals surface area contributed by atoms with E-state index in [2.05, 4.69) is 4.98 Å². The lowest BCUT2D eigenvalue weighted by Crippen LogP contribution is -2.25. The first kappa shape index (κ1) is 13.9. The van der Waals surface area contributed by atoms with Gasteiger partial charge in [-0.25, -0.2) is 4.79 Å². The molecule has 3 rings (SSSR count). The number of rotatable bonds is 4. The minimum absolute atomic E-state index is 0.783. The second-order valence-electron chi connectivity index (χ2n) is 4.82. The highest BCUT2D eigenvalue weighted by Gasteiger charge is 2.09. The number of hydrogen-bond donors (Lipinski definition) is 1. The molecule has 0 saturated heterocycles. The van der Waals surface area contributed by atoms with E-state index in [0.717, 1.165) is 28.4 Å². The summed E-state index contributed by atoms with van der Waals surface area (Å²) < 4.78 is 1.89. The Morgan fingerprint density at radius 3 is 2.86 bits per heavy atom. The van der Waals surface area contributed by atoms with Gasteiger partial charge in [-0.1, -0.05) is 18.2 Å². The Morgan fingerprint density at radius 2 is 2.05 bits per heavy atom. The zero-order valence-electron chi connectivity index (χ0n) is 12.0.